The molecular formula is C26H21ClN2O2. The van der Waals surface area contributed by atoms with Gasteiger partial charge in [-0.15, -0.1) is 0 Å². The van der Waals surface area contributed by atoms with Gasteiger partial charge in [-0.25, -0.2) is 4.90 Å². The van der Waals surface area contributed by atoms with Gasteiger partial charge in [-0.05, 0) is 42.2 Å². The van der Waals surface area contributed by atoms with E-state index in [4.69, 9.17) is 11.6 Å². The van der Waals surface area contributed by atoms with Crippen LogP contribution in [0, 0.1) is 6.92 Å². The number of hydrogen-bond acceptors (Lipinski definition) is 3. The molecule has 0 radical (unpaired) electrons. The Bertz CT molecular complexity index is 1230. The van der Waals surface area contributed by atoms with E-state index in [-0.39, 0.29) is 11.8 Å². The van der Waals surface area contributed by atoms with Gasteiger partial charge < -0.3 is 4.90 Å². The highest BCUT2D eigenvalue weighted by atomic mass is 35.5. The molecule has 0 spiro atoms. The highest BCUT2D eigenvalue weighted by Gasteiger charge is 2.43. The Morgan fingerprint density at radius 2 is 1.48 bits per heavy atom. The molecule has 5 rings (SSSR count). The second-order valence-electron chi connectivity index (χ2n) is 7.93. The molecule has 4 nitrogen and oxygen atoms in total. The Morgan fingerprint density at radius 3 is 2.23 bits per heavy atom. The van der Waals surface area contributed by atoms with Crippen LogP contribution in [0.1, 0.15) is 22.3 Å². The number of halogens is 1. The van der Waals surface area contributed by atoms with Gasteiger partial charge in [0.15, 0.2) is 0 Å². The molecule has 0 bridgehead atoms. The normalized spacial score (nSPS) is 16.2. The van der Waals surface area contributed by atoms with Gasteiger partial charge in [0.05, 0.1) is 16.3 Å². The number of carbonyl (C=O) groups excluding carboxylic acids is 2. The smallest absolute Gasteiger partial charge is 0.282 e. The number of carbonyl (C=O) groups is 2. The highest BCUT2D eigenvalue weighted by Crippen LogP contribution is 2.38. The molecule has 2 heterocycles. The second kappa shape index (κ2) is 7.71. The summed E-state index contributed by atoms with van der Waals surface area (Å²) in [5, 5.41) is 0.373. The van der Waals surface area contributed by atoms with E-state index in [0.29, 0.717) is 35.1 Å². The fourth-order valence-electron chi connectivity index (χ4n) is 4.33. The largest absolute Gasteiger partial charge is 0.362 e. The van der Waals surface area contributed by atoms with Gasteiger partial charge in [0.2, 0.25) is 0 Å². The van der Waals surface area contributed by atoms with Crippen LogP contribution in [0.5, 0.6) is 0 Å². The molecule has 2 amide bonds. The van der Waals surface area contributed by atoms with Gasteiger partial charge in [0, 0.05) is 13.1 Å². The molecule has 3 aromatic carbocycles. The lowest BCUT2D eigenvalue weighted by Gasteiger charge is -2.31. The minimum Gasteiger partial charge on any atom is -0.362 e. The summed E-state index contributed by atoms with van der Waals surface area (Å²) in [7, 11) is 0. The SMILES string of the molecule is Cc1ccc(C2=C(N3CCc4ccccc4C3)C(=O)N(c3ccccc3Cl)C2=O)cc1. The predicted molar refractivity (Wildman–Crippen MR) is 123 cm³/mol. The van der Waals surface area contributed by atoms with E-state index in [0.717, 1.165) is 17.5 Å². The first kappa shape index (κ1) is 19.6. The molecule has 0 fully saturated rings. The summed E-state index contributed by atoms with van der Waals surface area (Å²) in [6.45, 7) is 3.27. The topological polar surface area (TPSA) is 40.6 Å². The summed E-state index contributed by atoms with van der Waals surface area (Å²) < 4.78 is 0. The van der Waals surface area contributed by atoms with E-state index in [2.05, 4.69) is 12.1 Å². The number of imide groups is 1. The average molecular weight is 429 g/mol. The van der Waals surface area contributed by atoms with Crippen LogP contribution in [-0.4, -0.2) is 23.3 Å². The first-order chi connectivity index (χ1) is 15.0. The van der Waals surface area contributed by atoms with Crippen LogP contribution in [0.4, 0.5) is 5.69 Å². The summed E-state index contributed by atoms with van der Waals surface area (Å²) in [4.78, 5) is 30.5. The monoisotopic (exact) mass is 428 g/mol. The number of nitrogens with zero attached hydrogens (tertiary/aromatic N) is 2. The van der Waals surface area contributed by atoms with Crippen molar-refractivity contribution in [3.63, 3.8) is 0 Å². The van der Waals surface area contributed by atoms with Gasteiger partial charge in [-0.3, -0.25) is 9.59 Å². The van der Waals surface area contributed by atoms with Crippen LogP contribution in [0.15, 0.2) is 78.5 Å². The lowest BCUT2D eigenvalue weighted by Crippen LogP contribution is -2.37. The molecule has 0 aliphatic carbocycles. The number of benzene rings is 3. The number of rotatable bonds is 3. The number of para-hydroxylation sites is 1. The Labute approximate surface area is 186 Å². The molecule has 3 aromatic rings. The number of fused-ring (bicyclic) bond motifs is 1. The third-order valence-corrected chi connectivity index (χ3v) is 6.26. The molecule has 0 aromatic heterocycles. The van der Waals surface area contributed by atoms with E-state index in [1.54, 1.807) is 24.3 Å². The highest BCUT2D eigenvalue weighted by molar-refractivity contribution is 6.47. The fraction of sp³-hybridized carbons (Fsp3) is 0.154. The molecule has 0 saturated carbocycles. The van der Waals surface area contributed by atoms with Crippen LogP contribution in [0.3, 0.4) is 0 Å². The van der Waals surface area contributed by atoms with Crippen molar-refractivity contribution in [2.45, 2.75) is 19.9 Å². The lowest BCUT2D eigenvalue weighted by molar-refractivity contribution is -0.120. The summed E-state index contributed by atoms with van der Waals surface area (Å²) in [6.07, 6.45) is 0.828. The van der Waals surface area contributed by atoms with Crippen LogP contribution in [-0.2, 0) is 22.6 Å². The fourth-order valence-corrected chi connectivity index (χ4v) is 4.55. The van der Waals surface area contributed by atoms with Crippen LogP contribution in [0.2, 0.25) is 5.02 Å². The zero-order chi connectivity index (χ0) is 21.5. The van der Waals surface area contributed by atoms with Crippen LogP contribution in [0.25, 0.3) is 5.57 Å². The molecule has 2 aliphatic heterocycles. The predicted octanol–water partition coefficient (Wildman–Crippen LogP) is 4.99. The minimum absolute atomic E-state index is 0.326. The zero-order valence-electron chi connectivity index (χ0n) is 17.1. The molecule has 5 heteroatoms. The third kappa shape index (κ3) is 3.33. The van der Waals surface area contributed by atoms with Gasteiger partial charge in [0.1, 0.15) is 5.70 Å². The third-order valence-electron chi connectivity index (χ3n) is 5.94. The Hall–Kier alpha value is -3.37. The number of aryl methyl sites for hydroxylation is 1. The second-order valence-corrected chi connectivity index (χ2v) is 8.33. The van der Waals surface area contributed by atoms with Crippen molar-refractivity contribution in [3.8, 4) is 0 Å². The van der Waals surface area contributed by atoms with E-state index >= 15 is 0 Å². The summed E-state index contributed by atoms with van der Waals surface area (Å²) in [6, 6.07) is 23.0. The maximum Gasteiger partial charge on any atom is 0.282 e. The Balaban J connectivity index is 1.64. The minimum atomic E-state index is -0.337. The van der Waals surface area contributed by atoms with E-state index in [9.17, 15) is 9.59 Å². The summed E-state index contributed by atoms with van der Waals surface area (Å²) >= 11 is 6.37. The van der Waals surface area contributed by atoms with Crippen molar-refractivity contribution in [2.75, 3.05) is 11.4 Å². The zero-order valence-corrected chi connectivity index (χ0v) is 17.9. The van der Waals surface area contributed by atoms with E-state index < -0.39 is 0 Å². The van der Waals surface area contributed by atoms with E-state index in [1.165, 1.54) is 16.0 Å². The van der Waals surface area contributed by atoms with Crippen molar-refractivity contribution in [1.29, 1.82) is 0 Å². The van der Waals surface area contributed by atoms with E-state index in [1.807, 2.05) is 48.2 Å². The van der Waals surface area contributed by atoms with Crippen molar-refractivity contribution >= 4 is 34.7 Å². The molecule has 0 N–H and O–H groups in total. The molecule has 154 valence electrons. The van der Waals surface area contributed by atoms with Gasteiger partial charge in [-0.1, -0.05) is 77.8 Å². The van der Waals surface area contributed by atoms with Crippen LogP contribution >= 0.6 is 11.6 Å². The first-order valence-electron chi connectivity index (χ1n) is 10.3. The Morgan fingerprint density at radius 1 is 0.806 bits per heavy atom. The van der Waals surface area contributed by atoms with Crippen molar-refractivity contribution in [1.82, 2.24) is 4.90 Å². The number of hydrogen-bond donors (Lipinski definition) is 0. The molecule has 31 heavy (non-hydrogen) atoms. The Kier molecular flexibility index (Phi) is 4.87. The number of amides is 2. The van der Waals surface area contributed by atoms with Gasteiger partial charge in [0.25, 0.3) is 11.8 Å². The van der Waals surface area contributed by atoms with Crippen molar-refractivity contribution in [3.05, 3.63) is 106 Å². The van der Waals surface area contributed by atoms with Crippen LogP contribution < -0.4 is 4.90 Å². The summed E-state index contributed by atoms with van der Waals surface area (Å²) in [5.74, 6) is -0.663. The molecule has 0 unspecified atom stereocenters. The first-order valence-corrected chi connectivity index (χ1v) is 10.7. The summed E-state index contributed by atoms with van der Waals surface area (Å²) in [5.41, 5.74) is 5.60. The van der Waals surface area contributed by atoms with Crippen molar-refractivity contribution in [2.24, 2.45) is 0 Å². The molecule has 0 atom stereocenters. The van der Waals surface area contributed by atoms with Gasteiger partial charge in [-0.2, -0.15) is 0 Å². The average Bonchev–Trinajstić information content (AvgIpc) is 3.04. The standard InChI is InChI=1S/C26H21ClN2O2/c1-17-10-12-19(13-11-17)23-24(28-15-14-18-6-2-3-7-20(18)16-28)26(31)29(25(23)30)22-9-5-4-8-21(22)27/h2-13H,14-16H2,1H3. The van der Waals surface area contributed by atoms with Gasteiger partial charge >= 0.3 is 0 Å². The maximum atomic E-state index is 13.7. The number of anilines is 1. The molecule has 0 saturated heterocycles. The maximum absolute atomic E-state index is 13.7. The molecule has 2 aliphatic rings. The molecular weight excluding hydrogens is 408 g/mol. The van der Waals surface area contributed by atoms with Crippen molar-refractivity contribution < 1.29 is 9.59 Å². The quantitative estimate of drug-likeness (QED) is 0.552. The lowest BCUT2D eigenvalue weighted by atomic mass is 9.97.